The summed E-state index contributed by atoms with van der Waals surface area (Å²) >= 11 is 6.36. The van der Waals surface area contributed by atoms with Crippen LogP contribution in [0, 0.1) is 0 Å². The van der Waals surface area contributed by atoms with Crippen LogP contribution in [0.1, 0.15) is 68.4 Å². The highest BCUT2D eigenvalue weighted by molar-refractivity contribution is 6.30. The Bertz CT molecular complexity index is 931. The van der Waals surface area contributed by atoms with Gasteiger partial charge in [0.05, 0.1) is 20.1 Å². The lowest BCUT2D eigenvalue weighted by atomic mass is 9.84. The second kappa shape index (κ2) is 9.62. The van der Waals surface area contributed by atoms with Crippen LogP contribution in [-0.4, -0.2) is 37.3 Å². The lowest BCUT2D eigenvalue weighted by Gasteiger charge is -2.29. The fourth-order valence-electron chi connectivity index (χ4n) is 5.09. The third-order valence-electron chi connectivity index (χ3n) is 6.69. The molecule has 3 atom stereocenters. The largest absolute Gasteiger partial charge is 0.457 e. The highest BCUT2D eigenvalue weighted by Gasteiger charge is 2.48. The molecule has 1 fully saturated rings. The first-order chi connectivity index (χ1) is 15.0. The van der Waals surface area contributed by atoms with Gasteiger partial charge in [0, 0.05) is 34.4 Å². The van der Waals surface area contributed by atoms with Gasteiger partial charge in [0.25, 0.3) is 0 Å². The first kappa shape index (κ1) is 22.2. The van der Waals surface area contributed by atoms with Crippen LogP contribution >= 0.6 is 11.6 Å². The second-order valence-electron chi connectivity index (χ2n) is 9.33. The van der Waals surface area contributed by atoms with Crippen molar-refractivity contribution in [2.45, 2.75) is 57.3 Å². The Morgan fingerprint density at radius 3 is 2.55 bits per heavy atom. The predicted molar refractivity (Wildman–Crippen MR) is 124 cm³/mol. The summed E-state index contributed by atoms with van der Waals surface area (Å²) in [5, 5.41) is 0.725. The minimum absolute atomic E-state index is 0.0740. The zero-order valence-electron chi connectivity index (χ0n) is 18.6. The number of rotatable bonds is 8. The van der Waals surface area contributed by atoms with Gasteiger partial charge in [-0.3, -0.25) is 9.28 Å². The average Bonchev–Trinajstić information content (AvgIpc) is 3.06. The van der Waals surface area contributed by atoms with Gasteiger partial charge in [-0.05, 0) is 30.7 Å². The lowest BCUT2D eigenvalue weighted by Crippen LogP contribution is -2.44. The molecule has 166 valence electrons. The van der Waals surface area contributed by atoms with E-state index in [1.807, 2.05) is 30.3 Å². The third-order valence-corrected chi connectivity index (χ3v) is 6.93. The Kier molecular flexibility index (Phi) is 6.88. The van der Waals surface area contributed by atoms with Gasteiger partial charge in [-0.2, -0.15) is 0 Å². The molecule has 0 N–H and O–H groups in total. The zero-order chi connectivity index (χ0) is 21.8. The van der Waals surface area contributed by atoms with Crippen molar-refractivity contribution in [2.24, 2.45) is 0 Å². The number of ether oxygens (including phenoxy) is 2. The van der Waals surface area contributed by atoms with Gasteiger partial charge in [0.2, 0.25) is 6.73 Å². The number of carbonyl (C=O) groups excluding carboxylic acids is 1. The molecular weight excluding hydrogens is 410 g/mol. The SMILES string of the molecule is CCCCCCCC(=O)OC[N+]1(C)C[C@@H]2c3ccccc3Oc3ccc(Cl)cc3[C@H]2C1. The Balaban J connectivity index is 1.47. The van der Waals surface area contributed by atoms with Crippen molar-refractivity contribution in [1.82, 2.24) is 0 Å². The molecule has 2 aromatic carbocycles. The highest BCUT2D eigenvalue weighted by atomic mass is 35.5. The number of quaternary nitrogens is 1. The van der Waals surface area contributed by atoms with Crippen molar-refractivity contribution in [3.05, 3.63) is 58.6 Å². The molecule has 0 saturated carbocycles. The molecule has 1 saturated heterocycles. The fourth-order valence-corrected chi connectivity index (χ4v) is 5.27. The van der Waals surface area contributed by atoms with Gasteiger partial charge in [0.15, 0.2) is 0 Å². The number of fused-ring (bicyclic) bond motifs is 5. The highest BCUT2D eigenvalue weighted by Crippen LogP contribution is 2.51. The molecular formula is C26H33ClNO3+. The third kappa shape index (κ3) is 5.07. The first-order valence-corrected chi connectivity index (χ1v) is 11.9. The minimum atomic E-state index is -0.0740. The topological polar surface area (TPSA) is 35.5 Å². The zero-order valence-corrected chi connectivity index (χ0v) is 19.4. The Morgan fingerprint density at radius 2 is 1.74 bits per heavy atom. The van der Waals surface area contributed by atoms with Crippen LogP contribution in [0.2, 0.25) is 5.02 Å². The van der Waals surface area contributed by atoms with E-state index in [-0.39, 0.29) is 11.9 Å². The molecule has 5 heteroatoms. The summed E-state index contributed by atoms with van der Waals surface area (Å²) in [5.74, 6) is 2.29. The van der Waals surface area contributed by atoms with Crippen LogP contribution in [0.4, 0.5) is 0 Å². The standard InChI is InChI=1S/C26H33ClNO3/c1-3-4-5-6-7-12-26(29)30-18-28(2)16-22-20-10-8-9-11-24(20)31-25-14-13-19(27)15-21(25)23(22)17-28/h8-11,13-15,22-23H,3-7,12,16-18H2,1-2H3/q+1/t22-,23-,28?/m1/s1. The van der Waals surface area contributed by atoms with Crippen molar-refractivity contribution in [3.8, 4) is 11.5 Å². The maximum Gasteiger partial charge on any atom is 0.310 e. The van der Waals surface area contributed by atoms with E-state index < -0.39 is 0 Å². The normalized spacial score (nSPS) is 23.8. The van der Waals surface area contributed by atoms with Crippen molar-refractivity contribution in [2.75, 3.05) is 26.9 Å². The van der Waals surface area contributed by atoms with Crippen LogP contribution < -0.4 is 4.74 Å². The number of likely N-dealkylation sites (N-methyl/N-ethyl adjacent to an activating group) is 1. The van der Waals surface area contributed by atoms with Gasteiger partial charge < -0.3 is 9.47 Å². The summed E-state index contributed by atoms with van der Waals surface area (Å²) in [5.41, 5.74) is 2.38. The molecule has 0 bridgehead atoms. The first-order valence-electron chi connectivity index (χ1n) is 11.5. The van der Waals surface area contributed by atoms with Gasteiger partial charge >= 0.3 is 5.97 Å². The van der Waals surface area contributed by atoms with E-state index in [4.69, 9.17) is 21.1 Å². The summed E-state index contributed by atoms with van der Waals surface area (Å²) < 4.78 is 12.7. The molecule has 2 aliphatic rings. The van der Waals surface area contributed by atoms with Crippen molar-refractivity contribution in [1.29, 1.82) is 0 Å². The van der Waals surface area contributed by atoms with E-state index >= 15 is 0 Å². The van der Waals surface area contributed by atoms with Crippen molar-refractivity contribution in [3.63, 3.8) is 0 Å². The van der Waals surface area contributed by atoms with E-state index in [9.17, 15) is 4.79 Å². The van der Waals surface area contributed by atoms with E-state index in [0.717, 1.165) is 48.0 Å². The van der Waals surface area contributed by atoms with Gasteiger partial charge in [0.1, 0.15) is 11.5 Å². The summed E-state index contributed by atoms with van der Waals surface area (Å²) in [6.45, 7) is 4.41. The second-order valence-corrected chi connectivity index (χ2v) is 9.77. The summed E-state index contributed by atoms with van der Waals surface area (Å²) in [7, 11) is 2.19. The maximum atomic E-state index is 12.3. The maximum absolute atomic E-state index is 12.3. The molecule has 0 amide bonds. The number of hydrogen-bond acceptors (Lipinski definition) is 3. The van der Waals surface area contributed by atoms with Crippen LogP contribution in [0.5, 0.6) is 11.5 Å². The monoisotopic (exact) mass is 442 g/mol. The molecule has 31 heavy (non-hydrogen) atoms. The number of nitrogens with zero attached hydrogens (tertiary/aromatic N) is 1. The molecule has 2 heterocycles. The van der Waals surface area contributed by atoms with E-state index in [1.165, 1.54) is 24.8 Å². The average molecular weight is 443 g/mol. The Hall–Kier alpha value is -2.04. The minimum Gasteiger partial charge on any atom is -0.457 e. The lowest BCUT2D eigenvalue weighted by molar-refractivity contribution is -0.915. The molecule has 0 aliphatic carbocycles. The van der Waals surface area contributed by atoms with Gasteiger partial charge in [-0.25, -0.2) is 0 Å². The van der Waals surface area contributed by atoms with E-state index in [0.29, 0.717) is 23.6 Å². The number of hydrogen-bond donors (Lipinski definition) is 0. The van der Waals surface area contributed by atoms with E-state index in [2.05, 4.69) is 26.1 Å². The van der Waals surface area contributed by atoms with Gasteiger partial charge in [-0.15, -0.1) is 0 Å². The molecule has 0 radical (unpaired) electrons. The molecule has 4 nitrogen and oxygen atoms in total. The van der Waals surface area contributed by atoms with Crippen LogP contribution in [-0.2, 0) is 9.53 Å². The van der Waals surface area contributed by atoms with E-state index in [1.54, 1.807) is 0 Å². The fraction of sp³-hybridized carbons (Fsp3) is 0.500. The number of carbonyl (C=O) groups is 1. The van der Waals surface area contributed by atoms with Crippen molar-refractivity contribution >= 4 is 17.6 Å². The quantitative estimate of drug-likeness (QED) is 0.261. The molecule has 4 rings (SSSR count). The van der Waals surface area contributed by atoms with Crippen LogP contribution in [0.3, 0.4) is 0 Å². The smallest absolute Gasteiger partial charge is 0.310 e. The summed E-state index contributed by atoms with van der Waals surface area (Å²) in [6, 6.07) is 14.2. The number of halogens is 1. The molecule has 2 aromatic rings. The molecule has 1 unspecified atom stereocenters. The van der Waals surface area contributed by atoms with Crippen LogP contribution in [0.15, 0.2) is 42.5 Å². The van der Waals surface area contributed by atoms with Crippen LogP contribution in [0.25, 0.3) is 0 Å². The van der Waals surface area contributed by atoms with Gasteiger partial charge in [-0.1, -0.05) is 62.4 Å². The Labute approximate surface area is 190 Å². The number of para-hydroxylation sites is 1. The van der Waals surface area contributed by atoms with Crippen molar-refractivity contribution < 1.29 is 18.8 Å². The number of esters is 1. The number of benzene rings is 2. The molecule has 0 aromatic heterocycles. The predicted octanol–water partition coefficient (Wildman–Crippen LogP) is 6.63. The number of unbranched alkanes of at least 4 members (excludes halogenated alkanes) is 4. The summed E-state index contributed by atoms with van der Waals surface area (Å²) in [4.78, 5) is 12.3. The number of likely N-dealkylation sites (tertiary alicyclic amines) is 1. The Morgan fingerprint density at radius 1 is 1.03 bits per heavy atom. The molecule has 2 aliphatic heterocycles. The molecule has 0 spiro atoms. The summed E-state index contributed by atoms with van der Waals surface area (Å²) in [6.07, 6.45) is 6.20.